The first-order chi connectivity index (χ1) is 14.7. The first-order valence-corrected chi connectivity index (χ1v) is 10.6. The first kappa shape index (κ1) is 24.7. The van der Waals surface area contributed by atoms with Crippen molar-refractivity contribution in [1.29, 1.82) is 0 Å². The van der Waals surface area contributed by atoms with Crippen molar-refractivity contribution in [3.05, 3.63) is 41.4 Å². The van der Waals surface area contributed by atoms with Crippen LogP contribution in [0.2, 0.25) is 5.02 Å². The number of fused-ring (bicyclic) bond motifs is 2. The highest BCUT2D eigenvalue weighted by Crippen LogP contribution is 2.35. The molecular weight excluding hydrogens is 426 g/mol. The number of piperidine rings is 1. The zero-order valence-electron chi connectivity index (χ0n) is 17.6. The van der Waals surface area contributed by atoms with Gasteiger partial charge >= 0.3 is 17.9 Å². The molecule has 2 unspecified atom stereocenters. The maximum atomic E-state index is 12.4. The van der Waals surface area contributed by atoms with Crippen LogP contribution < -0.4 is 4.74 Å². The summed E-state index contributed by atoms with van der Waals surface area (Å²) in [6.45, 7) is 1.93. The van der Waals surface area contributed by atoms with Crippen LogP contribution in [0.15, 0.2) is 36.4 Å². The predicted octanol–water partition coefficient (Wildman–Crippen LogP) is 3.38. The Morgan fingerprint density at radius 1 is 1.10 bits per heavy atom. The molecule has 8 nitrogen and oxygen atoms in total. The van der Waals surface area contributed by atoms with Gasteiger partial charge in [-0.05, 0) is 63.4 Å². The molecule has 2 aliphatic heterocycles. The summed E-state index contributed by atoms with van der Waals surface area (Å²) in [6.07, 6.45) is 5.48. The summed E-state index contributed by atoms with van der Waals surface area (Å²) in [5, 5.41) is 16.3. The first-order valence-electron chi connectivity index (χ1n) is 10.2. The molecule has 1 aromatic rings. The number of hydrogen-bond donors (Lipinski definition) is 2. The zero-order valence-corrected chi connectivity index (χ0v) is 18.3. The average molecular weight is 454 g/mol. The van der Waals surface area contributed by atoms with Gasteiger partial charge < -0.3 is 24.6 Å². The van der Waals surface area contributed by atoms with Crippen molar-refractivity contribution in [2.75, 3.05) is 7.05 Å². The Balaban J connectivity index is 0.000000366. The second-order valence-corrected chi connectivity index (χ2v) is 8.00. The van der Waals surface area contributed by atoms with E-state index in [4.69, 9.17) is 31.3 Å². The highest BCUT2D eigenvalue weighted by molar-refractivity contribution is 6.30. The number of ether oxygens (including phenoxy) is 2. The number of aliphatic carboxylic acids is 2. The van der Waals surface area contributed by atoms with E-state index in [1.165, 1.54) is 12.8 Å². The van der Waals surface area contributed by atoms with Crippen molar-refractivity contribution in [2.45, 2.75) is 63.3 Å². The lowest BCUT2D eigenvalue weighted by molar-refractivity contribution is -0.161. The molecule has 2 fully saturated rings. The second-order valence-electron chi connectivity index (χ2n) is 7.56. The molecule has 2 saturated heterocycles. The summed E-state index contributed by atoms with van der Waals surface area (Å²) < 4.78 is 11.5. The largest absolute Gasteiger partial charge is 0.479 e. The van der Waals surface area contributed by atoms with Gasteiger partial charge in [-0.15, -0.1) is 0 Å². The van der Waals surface area contributed by atoms with Crippen LogP contribution in [0.1, 0.15) is 39.0 Å². The van der Waals surface area contributed by atoms with E-state index >= 15 is 0 Å². The standard InChI is InChI=1S/C18H24ClNO3.C4H4O4/c1-3-17(22-15-8-4-12(19)5-9-15)18(21)23-16-10-13-6-7-14(11-16)20(13)2;5-3(6)1-2-4(7)8/h4-5,8-9,13-14,16-17H,3,6-7,10-11H2,1-2H3;1-2H,(H,5,6)(H,7,8)/b;2-1-/t13?,14?,16?,17-;/m1./s1. The number of halogens is 1. The number of carbonyl (C=O) groups excluding carboxylic acids is 1. The van der Waals surface area contributed by atoms with E-state index < -0.39 is 18.0 Å². The highest BCUT2D eigenvalue weighted by Gasteiger charge is 2.40. The van der Waals surface area contributed by atoms with E-state index in [9.17, 15) is 14.4 Å². The lowest BCUT2D eigenvalue weighted by Crippen LogP contribution is -2.44. The quantitative estimate of drug-likeness (QED) is 0.477. The third kappa shape index (κ3) is 7.88. The minimum absolute atomic E-state index is 0.0269. The van der Waals surface area contributed by atoms with Crippen molar-refractivity contribution < 1.29 is 34.1 Å². The topological polar surface area (TPSA) is 113 Å². The highest BCUT2D eigenvalue weighted by atomic mass is 35.5. The van der Waals surface area contributed by atoms with E-state index in [2.05, 4.69) is 11.9 Å². The van der Waals surface area contributed by atoms with Gasteiger partial charge in [0.15, 0.2) is 6.10 Å². The summed E-state index contributed by atoms with van der Waals surface area (Å²) in [4.78, 5) is 34.0. The van der Waals surface area contributed by atoms with Gasteiger partial charge in [-0.1, -0.05) is 18.5 Å². The number of hydrogen-bond acceptors (Lipinski definition) is 6. The molecule has 3 atom stereocenters. The van der Waals surface area contributed by atoms with Crippen LogP contribution in [-0.4, -0.2) is 64.4 Å². The Morgan fingerprint density at radius 3 is 2.06 bits per heavy atom. The van der Waals surface area contributed by atoms with E-state index in [1.54, 1.807) is 24.3 Å². The number of rotatable bonds is 7. The van der Waals surface area contributed by atoms with Gasteiger partial charge in [-0.25, -0.2) is 14.4 Å². The SMILES string of the molecule is CC[C@@H](Oc1ccc(Cl)cc1)C(=O)OC1CC2CCC(C1)N2C.O=C(O)/C=C\C(=O)O. The van der Waals surface area contributed by atoms with Crippen LogP contribution in [0, 0.1) is 0 Å². The van der Waals surface area contributed by atoms with Crippen LogP contribution in [0.5, 0.6) is 5.75 Å². The minimum Gasteiger partial charge on any atom is -0.479 e. The van der Waals surface area contributed by atoms with E-state index in [1.807, 2.05) is 6.92 Å². The summed E-state index contributed by atoms with van der Waals surface area (Å²) >= 11 is 5.87. The molecule has 9 heteroatoms. The van der Waals surface area contributed by atoms with Gasteiger partial charge in [-0.2, -0.15) is 0 Å². The fourth-order valence-electron chi connectivity index (χ4n) is 3.82. The van der Waals surface area contributed by atoms with Gasteiger partial charge in [0.25, 0.3) is 0 Å². The zero-order chi connectivity index (χ0) is 23.0. The molecule has 170 valence electrons. The molecule has 2 bridgehead atoms. The number of carboxylic acids is 2. The van der Waals surface area contributed by atoms with Crippen molar-refractivity contribution in [1.82, 2.24) is 4.90 Å². The molecule has 0 spiro atoms. The summed E-state index contributed by atoms with van der Waals surface area (Å²) in [5.74, 6) is -2.13. The Morgan fingerprint density at radius 2 is 1.61 bits per heavy atom. The smallest absolute Gasteiger partial charge is 0.347 e. The molecule has 2 heterocycles. The third-order valence-electron chi connectivity index (χ3n) is 5.43. The van der Waals surface area contributed by atoms with Gasteiger partial charge in [-0.3, -0.25) is 0 Å². The number of esters is 1. The fourth-order valence-corrected chi connectivity index (χ4v) is 3.94. The maximum absolute atomic E-state index is 12.4. The molecule has 0 amide bonds. The average Bonchev–Trinajstić information content (AvgIpc) is 2.92. The molecular formula is C22H28ClNO7. The van der Waals surface area contributed by atoms with Gasteiger partial charge in [0.2, 0.25) is 0 Å². The van der Waals surface area contributed by atoms with E-state index in [-0.39, 0.29) is 12.1 Å². The van der Waals surface area contributed by atoms with Crippen molar-refractivity contribution in [3.8, 4) is 5.75 Å². The third-order valence-corrected chi connectivity index (χ3v) is 5.68. The maximum Gasteiger partial charge on any atom is 0.347 e. The van der Waals surface area contributed by atoms with Crippen molar-refractivity contribution in [3.63, 3.8) is 0 Å². The number of carboxylic acid groups (broad SMARTS) is 2. The van der Waals surface area contributed by atoms with E-state index in [0.29, 0.717) is 41.4 Å². The summed E-state index contributed by atoms with van der Waals surface area (Å²) in [5.41, 5.74) is 0. The molecule has 2 N–H and O–H groups in total. The summed E-state index contributed by atoms with van der Waals surface area (Å²) in [6, 6.07) is 8.17. The van der Waals surface area contributed by atoms with Crippen LogP contribution in [0.3, 0.4) is 0 Å². The van der Waals surface area contributed by atoms with Crippen LogP contribution in [0.25, 0.3) is 0 Å². The van der Waals surface area contributed by atoms with Gasteiger partial charge in [0.1, 0.15) is 11.9 Å². The number of nitrogens with zero attached hydrogens (tertiary/aromatic N) is 1. The monoisotopic (exact) mass is 453 g/mol. The number of carbonyl (C=O) groups is 3. The van der Waals surface area contributed by atoms with Crippen molar-refractivity contribution >= 4 is 29.5 Å². The van der Waals surface area contributed by atoms with Crippen molar-refractivity contribution in [2.24, 2.45) is 0 Å². The van der Waals surface area contributed by atoms with E-state index in [0.717, 1.165) is 12.8 Å². The Kier molecular flexibility index (Phi) is 9.33. The molecule has 3 rings (SSSR count). The Hall–Kier alpha value is -2.58. The molecule has 0 saturated carbocycles. The lowest BCUT2D eigenvalue weighted by Gasteiger charge is -2.36. The Bertz CT molecular complexity index is 766. The molecule has 31 heavy (non-hydrogen) atoms. The van der Waals surface area contributed by atoms with Crippen LogP contribution in [-0.2, 0) is 19.1 Å². The minimum atomic E-state index is -1.26. The lowest BCUT2D eigenvalue weighted by atomic mass is 10.0. The molecule has 1 aromatic carbocycles. The van der Waals surface area contributed by atoms with Crippen LogP contribution >= 0.6 is 11.6 Å². The Labute approximate surface area is 186 Å². The molecule has 0 aromatic heterocycles. The molecule has 2 aliphatic rings. The molecule has 0 radical (unpaired) electrons. The summed E-state index contributed by atoms with van der Waals surface area (Å²) in [7, 11) is 2.18. The predicted molar refractivity (Wildman–Crippen MR) is 114 cm³/mol. The van der Waals surface area contributed by atoms with Gasteiger partial charge in [0.05, 0.1) is 0 Å². The van der Waals surface area contributed by atoms with Gasteiger partial charge in [0, 0.05) is 29.3 Å². The fraction of sp³-hybridized carbons (Fsp3) is 0.500. The normalized spacial score (nSPS) is 23.5. The molecule has 0 aliphatic carbocycles. The second kappa shape index (κ2) is 11.7. The van der Waals surface area contributed by atoms with Crippen LogP contribution in [0.4, 0.5) is 0 Å². The number of benzene rings is 1.